The van der Waals surface area contributed by atoms with Crippen LogP contribution in [0.3, 0.4) is 0 Å². The van der Waals surface area contributed by atoms with Crippen molar-refractivity contribution < 1.29 is 17.6 Å². The molecule has 0 nitrogen and oxygen atoms in total. The van der Waals surface area contributed by atoms with Crippen LogP contribution in [0.25, 0.3) is 6.08 Å². The lowest BCUT2D eigenvalue weighted by atomic mass is 10.1. The normalized spacial score (nSPS) is 12.4. The van der Waals surface area contributed by atoms with Gasteiger partial charge >= 0.3 is 6.18 Å². The standard InChI is InChI=1S/C9H5BrF4/c10-4-3-6-5-7(9(12,13)14)1-2-8(6)11/h1-5H/b4-3+. The molecule has 0 saturated carbocycles. The van der Waals surface area contributed by atoms with Gasteiger partial charge in [0.25, 0.3) is 0 Å². The molecule has 0 radical (unpaired) electrons. The lowest BCUT2D eigenvalue weighted by Gasteiger charge is -2.07. The predicted octanol–water partition coefficient (Wildman–Crippen LogP) is 4.21. The van der Waals surface area contributed by atoms with Gasteiger partial charge in [-0.15, -0.1) is 0 Å². The van der Waals surface area contributed by atoms with Crippen molar-refractivity contribution in [3.63, 3.8) is 0 Å². The Morgan fingerprint density at radius 1 is 1.21 bits per heavy atom. The molecule has 5 heteroatoms. The van der Waals surface area contributed by atoms with Gasteiger partial charge in [0.15, 0.2) is 0 Å². The van der Waals surface area contributed by atoms with Gasteiger partial charge in [-0.1, -0.05) is 15.9 Å². The van der Waals surface area contributed by atoms with E-state index in [1.54, 1.807) is 0 Å². The van der Waals surface area contributed by atoms with Crippen LogP contribution in [0.4, 0.5) is 17.6 Å². The van der Waals surface area contributed by atoms with Crippen LogP contribution < -0.4 is 0 Å². The SMILES string of the molecule is Fc1ccc(C(F)(F)F)cc1/C=C/Br. The molecule has 0 amide bonds. The Morgan fingerprint density at radius 3 is 2.36 bits per heavy atom. The number of benzene rings is 1. The molecule has 0 aromatic heterocycles. The molecule has 1 aromatic rings. The summed E-state index contributed by atoms with van der Waals surface area (Å²) in [6.45, 7) is 0. The molecule has 0 N–H and O–H groups in total. The van der Waals surface area contributed by atoms with Gasteiger partial charge in [-0.25, -0.2) is 4.39 Å². The first-order chi connectivity index (χ1) is 6.45. The summed E-state index contributed by atoms with van der Waals surface area (Å²) in [4.78, 5) is 1.30. The highest BCUT2D eigenvalue weighted by molar-refractivity contribution is 9.11. The highest BCUT2D eigenvalue weighted by atomic mass is 79.9. The zero-order valence-corrected chi connectivity index (χ0v) is 8.36. The Hall–Kier alpha value is -0.840. The maximum Gasteiger partial charge on any atom is 0.416 e. The number of rotatable bonds is 1. The molecule has 0 spiro atoms. The van der Waals surface area contributed by atoms with Crippen LogP contribution in [0.15, 0.2) is 23.2 Å². The van der Waals surface area contributed by atoms with E-state index in [4.69, 9.17) is 0 Å². The van der Waals surface area contributed by atoms with Gasteiger partial charge in [-0.2, -0.15) is 13.2 Å². The van der Waals surface area contributed by atoms with Crippen LogP contribution in [0.2, 0.25) is 0 Å². The van der Waals surface area contributed by atoms with E-state index in [0.29, 0.717) is 6.07 Å². The third kappa shape index (κ3) is 2.57. The van der Waals surface area contributed by atoms with Crippen molar-refractivity contribution in [2.75, 3.05) is 0 Å². The van der Waals surface area contributed by atoms with Crippen molar-refractivity contribution in [2.45, 2.75) is 6.18 Å². The van der Waals surface area contributed by atoms with Gasteiger partial charge in [0.05, 0.1) is 5.56 Å². The molecule has 0 bridgehead atoms. The Morgan fingerprint density at radius 2 is 1.86 bits per heavy atom. The molecule has 1 rings (SSSR count). The molecular weight excluding hydrogens is 264 g/mol. The summed E-state index contributed by atoms with van der Waals surface area (Å²) in [7, 11) is 0. The van der Waals surface area contributed by atoms with Crippen LogP contribution in [-0.2, 0) is 6.18 Å². The molecule has 76 valence electrons. The number of halogens is 5. The van der Waals surface area contributed by atoms with Gasteiger partial charge in [0.1, 0.15) is 5.82 Å². The summed E-state index contributed by atoms with van der Waals surface area (Å²) in [5.74, 6) is -0.686. The molecule has 0 aliphatic carbocycles. The Kier molecular flexibility index (Phi) is 3.31. The van der Waals surface area contributed by atoms with Crippen molar-refractivity contribution in [2.24, 2.45) is 0 Å². The highest BCUT2D eigenvalue weighted by Gasteiger charge is 2.30. The second-order valence-electron chi connectivity index (χ2n) is 2.53. The average Bonchev–Trinajstić information content (AvgIpc) is 2.07. The molecule has 0 atom stereocenters. The van der Waals surface area contributed by atoms with E-state index in [2.05, 4.69) is 15.9 Å². The Labute approximate surface area is 86.4 Å². The molecule has 0 saturated heterocycles. The lowest BCUT2D eigenvalue weighted by Crippen LogP contribution is -2.05. The van der Waals surface area contributed by atoms with E-state index < -0.39 is 17.6 Å². The minimum atomic E-state index is -4.44. The zero-order chi connectivity index (χ0) is 10.8. The molecule has 0 heterocycles. The quantitative estimate of drug-likeness (QED) is 0.670. The minimum absolute atomic E-state index is 0.100. The monoisotopic (exact) mass is 268 g/mol. The summed E-state index contributed by atoms with van der Waals surface area (Å²) in [5.41, 5.74) is -0.962. The topological polar surface area (TPSA) is 0 Å². The molecule has 0 unspecified atom stereocenters. The lowest BCUT2D eigenvalue weighted by molar-refractivity contribution is -0.137. The summed E-state index contributed by atoms with van der Waals surface area (Å²) in [5, 5.41) is 0. The van der Waals surface area contributed by atoms with E-state index in [1.807, 2.05) is 0 Å². The predicted molar refractivity (Wildman–Crippen MR) is 49.4 cm³/mol. The van der Waals surface area contributed by atoms with Crippen LogP contribution in [0.1, 0.15) is 11.1 Å². The van der Waals surface area contributed by atoms with Crippen LogP contribution in [0, 0.1) is 5.82 Å². The fourth-order valence-electron chi connectivity index (χ4n) is 0.916. The molecule has 14 heavy (non-hydrogen) atoms. The van der Waals surface area contributed by atoms with E-state index in [-0.39, 0.29) is 5.56 Å². The first kappa shape index (κ1) is 11.2. The minimum Gasteiger partial charge on any atom is -0.206 e. The first-order valence-corrected chi connectivity index (χ1v) is 4.50. The fourth-order valence-corrected chi connectivity index (χ4v) is 1.20. The van der Waals surface area contributed by atoms with Gasteiger partial charge in [0, 0.05) is 5.56 Å². The summed E-state index contributed by atoms with van der Waals surface area (Å²) in [6.07, 6.45) is -3.23. The second kappa shape index (κ2) is 4.13. The van der Waals surface area contributed by atoms with Crippen molar-refractivity contribution in [1.29, 1.82) is 0 Å². The molecule has 0 aliphatic rings. The maximum atomic E-state index is 12.9. The van der Waals surface area contributed by atoms with E-state index >= 15 is 0 Å². The number of hydrogen-bond donors (Lipinski definition) is 0. The van der Waals surface area contributed by atoms with Gasteiger partial charge in [-0.3, -0.25) is 0 Å². The molecular formula is C9H5BrF4. The maximum absolute atomic E-state index is 12.9. The third-order valence-corrected chi connectivity index (χ3v) is 1.83. The van der Waals surface area contributed by atoms with Crippen molar-refractivity contribution in [3.05, 3.63) is 40.1 Å². The fraction of sp³-hybridized carbons (Fsp3) is 0.111. The first-order valence-electron chi connectivity index (χ1n) is 3.58. The highest BCUT2D eigenvalue weighted by Crippen LogP contribution is 2.30. The molecule has 0 fully saturated rings. The third-order valence-electron chi connectivity index (χ3n) is 1.57. The van der Waals surface area contributed by atoms with Crippen molar-refractivity contribution in [3.8, 4) is 0 Å². The number of hydrogen-bond acceptors (Lipinski definition) is 0. The van der Waals surface area contributed by atoms with Gasteiger partial charge < -0.3 is 0 Å². The summed E-state index contributed by atoms with van der Waals surface area (Å²) >= 11 is 2.87. The summed E-state index contributed by atoms with van der Waals surface area (Å²) < 4.78 is 49.5. The Balaban J connectivity index is 3.19. The second-order valence-corrected chi connectivity index (χ2v) is 3.06. The molecule has 1 aromatic carbocycles. The van der Waals surface area contributed by atoms with Crippen LogP contribution >= 0.6 is 15.9 Å². The van der Waals surface area contributed by atoms with Gasteiger partial charge in [-0.05, 0) is 29.3 Å². The molecule has 0 aliphatic heterocycles. The van der Waals surface area contributed by atoms with Crippen LogP contribution in [-0.4, -0.2) is 0 Å². The van der Waals surface area contributed by atoms with Crippen molar-refractivity contribution in [1.82, 2.24) is 0 Å². The van der Waals surface area contributed by atoms with Crippen LogP contribution in [0.5, 0.6) is 0 Å². The Bertz CT molecular complexity index is 354. The van der Waals surface area contributed by atoms with Gasteiger partial charge in [0.2, 0.25) is 0 Å². The number of alkyl halides is 3. The van der Waals surface area contributed by atoms with E-state index in [9.17, 15) is 17.6 Å². The van der Waals surface area contributed by atoms with E-state index in [0.717, 1.165) is 12.1 Å². The van der Waals surface area contributed by atoms with Crippen molar-refractivity contribution >= 4 is 22.0 Å². The average molecular weight is 269 g/mol. The zero-order valence-electron chi connectivity index (χ0n) is 6.78. The largest absolute Gasteiger partial charge is 0.416 e. The summed E-state index contributed by atoms with van der Waals surface area (Å²) in [6, 6.07) is 2.26. The van der Waals surface area contributed by atoms with E-state index in [1.165, 1.54) is 11.1 Å². The smallest absolute Gasteiger partial charge is 0.206 e.